The molecule has 3 atom stereocenters. The minimum absolute atomic E-state index is 0.0280. The lowest BCUT2D eigenvalue weighted by atomic mass is 10.1. The molecule has 146 valence electrons. The summed E-state index contributed by atoms with van der Waals surface area (Å²) >= 11 is 0. The molecule has 2 aromatic carbocycles. The van der Waals surface area contributed by atoms with Gasteiger partial charge in [0.05, 0.1) is 32.0 Å². The highest BCUT2D eigenvalue weighted by Crippen LogP contribution is 2.11. The van der Waals surface area contributed by atoms with E-state index in [1.807, 2.05) is 61.5 Å². The monoisotopic (exact) mass is 368 g/mol. The highest BCUT2D eigenvalue weighted by Gasteiger charge is 2.10. The molecule has 1 N–H and O–H groups in total. The molecule has 2 aromatic rings. The molecular formula is C24H32O3. The van der Waals surface area contributed by atoms with Crippen molar-refractivity contribution >= 4 is 0 Å². The van der Waals surface area contributed by atoms with E-state index in [0.717, 1.165) is 5.56 Å². The minimum atomic E-state index is -0.385. The normalized spacial score (nSPS) is 14.9. The molecular weight excluding hydrogens is 336 g/mol. The van der Waals surface area contributed by atoms with Gasteiger partial charge >= 0.3 is 0 Å². The fraction of sp³-hybridized carbons (Fsp3) is 0.417. The average Bonchev–Trinajstić information content (AvgIpc) is 2.68. The van der Waals surface area contributed by atoms with Crippen LogP contribution in [0.3, 0.4) is 0 Å². The number of ether oxygens (including phenoxy) is 2. The fourth-order valence-corrected chi connectivity index (χ4v) is 2.82. The van der Waals surface area contributed by atoms with Crippen molar-refractivity contribution in [3.05, 3.63) is 83.9 Å². The van der Waals surface area contributed by atoms with Crippen LogP contribution >= 0.6 is 0 Å². The molecule has 0 amide bonds. The third kappa shape index (κ3) is 9.53. The molecule has 0 heterocycles. The molecule has 0 unspecified atom stereocenters. The smallest absolute Gasteiger partial charge is 0.0720 e. The van der Waals surface area contributed by atoms with Crippen molar-refractivity contribution in [1.82, 2.24) is 0 Å². The van der Waals surface area contributed by atoms with Crippen molar-refractivity contribution in [3.63, 3.8) is 0 Å². The SMILES string of the molecule is C[C@H](/C=C\C[C@H](O)C[C@H](C)OCc1ccccc1)COCc1ccccc1. The van der Waals surface area contributed by atoms with Gasteiger partial charge in [0.25, 0.3) is 0 Å². The van der Waals surface area contributed by atoms with Crippen molar-refractivity contribution in [3.8, 4) is 0 Å². The van der Waals surface area contributed by atoms with E-state index in [0.29, 0.717) is 38.6 Å². The third-order valence-electron chi connectivity index (χ3n) is 4.35. The molecule has 0 spiro atoms. The second kappa shape index (κ2) is 12.4. The van der Waals surface area contributed by atoms with Crippen LogP contribution in [0.5, 0.6) is 0 Å². The van der Waals surface area contributed by atoms with Gasteiger partial charge < -0.3 is 14.6 Å². The van der Waals surface area contributed by atoms with Gasteiger partial charge in [-0.3, -0.25) is 0 Å². The van der Waals surface area contributed by atoms with Crippen LogP contribution in [0.2, 0.25) is 0 Å². The molecule has 0 saturated carbocycles. The first-order chi connectivity index (χ1) is 13.1. The molecule has 0 aromatic heterocycles. The van der Waals surface area contributed by atoms with Crippen LogP contribution in [-0.2, 0) is 22.7 Å². The van der Waals surface area contributed by atoms with Gasteiger partial charge in [-0.15, -0.1) is 0 Å². The highest BCUT2D eigenvalue weighted by molar-refractivity contribution is 5.14. The van der Waals surface area contributed by atoms with Crippen molar-refractivity contribution < 1.29 is 14.6 Å². The zero-order chi connectivity index (χ0) is 19.3. The quantitative estimate of drug-likeness (QED) is 0.527. The van der Waals surface area contributed by atoms with Gasteiger partial charge in [-0.25, -0.2) is 0 Å². The lowest BCUT2D eigenvalue weighted by Crippen LogP contribution is -2.17. The first-order valence-electron chi connectivity index (χ1n) is 9.75. The largest absolute Gasteiger partial charge is 0.393 e. The predicted octanol–water partition coefficient (Wildman–Crippen LogP) is 5.14. The number of rotatable bonds is 12. The summed E-state index contributed by atoms with van der Waals surface area (Å²) in [7, 11) is 0. The molecule has 0 saturated heterocycles. The molecule has 0 aliphatic carbocycles. The Hall–Kier alpha value is -1.94. The second-order valence-electron chi connectivity index (χ2n) is 7.14. The van der Waals surface area contributed by atoms with Crippen molar-refractivity contribution in [1.29, 1.82) is 0 Å². The summed E-state index contributed by atoms with van der Waals surface area (Å²) in [6.07, 6.45) is 5.08. The molecule has 0 aliphatic rings. The topological polar surface area (TPSA) is 38.7 Å². The number of aliphatic hydroxyl groups is 1. The summed E-state index contributed by atoms with van der Waals surface area (Å²) in [6.45, 7) is 6.03. The molecule has 2 rings (SSSR count). The van der Waals surface area contributed by atoms with Crippen LogP contribution in [0.25, 0.3) is 0 Å². The lowest BCUT2D eigenvalue weighted by Gasteiger charge is -2.16. The Labute approximate surface area is 163 Å². The van der Waals surface area contributed by atoms with Crippen LogP contribution in [0.4, 0.5) is 0 Å². The molecule has 27 heavy (non-hydrogen) atoms. The zero-order valence-corrected chi connectivity index (χ0v) is 16.5. The number of benzene rings is 2. The maximum absolute atomic E-state index is 10.2. The van der Waals surface area contributed by atoms with Crippen LogP contribution < -0.4 is 0 Å². The van der Waals surface area contributed by atoms with Crippen molar-refractivity contribution in [2.45, 2.75) is 52.1 Å². The Morgan fingerprint density at radius 2 is 1.48 bits per heavy atom. The van der Waals surface area contributed by atoms with E-state index in [1.165, 1.54) is 5.56 Å². The predicted molar refractivity (Wildman–Crippen MR) is 110 cm³/mol. The summed E-state index contributed by atoms with van der Waals surface area (Å²) in [5.74, 6) is 0.327. The lowest BCUT2D eigenvalue weighted by molar-refractivity contribution is 0.0155. The van der Waals surface area contributed by atoms with Crippen molar-refractivity contribution in [2.75, 3.05) is 6.61 Å². The van der Waals surface area contributed by atoms with E-state index in [1.54, 1.807) is 0 Å². The van der Waals surface area contributed by atoms with Gasteiger partial charge in [0, 0.05) is 0 Å². The zero-order valence-electron chi connectivity index (χ0n) is 16.5. The van der Waals surface area contributed by atoms with Gasteiger partial charge in [0.1, 0.15) is 0 Å². The van der Waals surface area contributed by atoms with E-state index in [9.17, 15) is 5.11 Å². The first kappa shape index (κ1) is 21.4. The van der Waals surface area contributed by atoms with Gasteiger partial charge in [0.15, 0.2) is 0 Å². The molecule has 0 fully saturated rings. The molecule has 0 bridgehead atoms. The third-order valence-corrected chi connectivity index (χ3v) is 4.35. The Morgan fingerprint density at radius 3 is 2.11 bits per heavy atom. The van der Waals surface area contributed by atoms with Crippen LogP contribution in [0, 0.1) is 5.92 Å². The Morgan fingerprint density at radius 1 is 0.889 bits per heavy atom. The molecule has 3 heteroatoms. The maximum atomic E-state index is 10.2. The molecule has 3 nitrogen and oxygen atoms in total. The molecule has 0 aliphatic heterocycles. The van der Waals surface area contributed by atoms with E-state index in [-0.39, 0.29) is 12.2 Å². The standard InChI is InChI=1S/C24H32O3/c1-20(17-26-18-22-11-5-3-6-12-22)10-9-15-24(25)16-21(2)27-19-23-13-7-4-8-14-23/h3-14,20-21,24-25H,15-19H2,1-2H3/b10-9-/t20-,21+,24+/m1/s1. The summed E-state index contributed by atoms with van der Waals surface area (Å²) < 4.78 is 11.6. The first-order valence-corrected chi connectivity index (χ1v) is 9.75. The van der Waals surface area contributed by atoms with Crippen LogP contribution in [0.1, 0.15) is 37.8 Å². The van der Waals surface area contributed by atoms with Gasteiger partial charge in [-0.2, -0.15) is 0 Å². The van der Waals surface area contributed by atoms with Crippen LogP contribution in [-0.4, -0.2) is 23.9 Å². The maximum Gasteiger partial charge on any atom is 0.0720 e. The molecule has 0 radical (unpaired) electrons. The number of aliphatic hydroxyl groups excluding tert-OH is 1. The minimum Gasteiger partial charge on any atom is -0.393 e. The Balaban J connectivity index is 1.57. The Bertz CT molecular complexity index is 639. The van der Waals surface area contributed by atoms with E-state index < -0.39 is 0 Å². The summed E-state index contributed by atoms with van der Waals surface area (Å²) in [5, 5.41) is 10.2. The van der Waals surface area contributed by atoms with E-state index in [4.69, 9.17) is 9.47 Å². The van der Waals surface area contributed by atoms with E-state index in [2.05, 4.69) is 25.1 Å². The number of hydrogen-bond acceptors (Lipinski definition) is 3. The number of hydrogen-bond donors (Lipinski definition) is 1. The summed E-state index contributed by atoms with van der Waals surface area (Å²) in [4.78, 5) is 0. The van der Waals surface area contributed by atoms with Crippen LogP contribution in [0.15, 0.2) is 72.8 Å². The summed E-state index contributed by atoms with van der Waals surface area (Å²) in [6, 6.07) is 20.3. The Kier molecular flexibility index (Phi) is 9.85. The highest BCUT2D eigenvalue weighted by atomic mass is 16.5. The second-order valence-corrected chi connectivity index (χ2v) is 7.14. The van der Waals surface area contributed by atoms with Gasteiger partial charge in [-0.1, -0.05) is 79.7 Å². The van der Waals surface area contributed by atoms with Crippen molar-refractivity contribution in [2.24, 2.45) is 5.92 Å². The average molecular weight is 369 g/mol. The fourth-order valence-electron chi connectivity index (χ4n) is 2.82. The van der Waals surface area contributed by atoms with Gasteiger partial charge in [0.2, 0.25) is 0 Å². The van der Waals surface area contributed by atoms with Gasteiger partial charge in [-0.05, 0) is 36.8 Å². The summed E-state index contributed by atoms with van der Waals surface area (Å²) in [5.41, 5.74) is 2.34. The van der Waals surface area contributed by atoms with E-state index >= 15 is 0 Å².